The Kier molecular flexibility index (Phi) is 8.39. The maximum atomic E-state index is 12.8. The third-order valence-corrected chi connectivity index (χ3v) is 7.39. The van der Waals surface area contributed by atoms with Gasteiger partial charge in [-0.05, 0) is 24.6 Å². The first-order chi connectivity index (χ1) is 19.4. The van der Waals surface area contributed by atoms with Crippen molar-refractivity contribution in [3.63, 3.8) is 0 Å². The number of Topliss-reactive ketones (excluding diaryl/α,β-unsaturated/α-hetero) is 1. The normalized spacial score (nSPS) is 37.2. The van der Waals surface area contributed by atoms with Gasteiger partial charge in [-0.2, -0.15) is 0 Å². The summed E-state index contributed by atoms with van der Waals surface area (Å²) in [6.45, 7) is 0.980. The van der Waals surface area contributed by atoms with Crippen LogP contribution in [0, 0.1) is 0 Å². The fourth-order valence-corrected chi connectivity index (χ4v) is 4.98. The molecule has 0 spiro atoms. The Bertz CT molecular complexity index is 1240. The molecular weight excluding hydrogens is 548 g/mol. The molecule has 8 N–H and O–H groups in total. The molecule has 0 amide bonds. The van der Waals surface area contributed by atoms with Gasteiger partial charge in [0, 0.05) is 12.1 Å². The molecule has 41 heavy (non-hydrogen) atoms. The molecule has 3 aliphatic heterocycles. The van der Waals surface area contributed by atoms with Crippen molar-refractivity contribution in [1.82, 2.24) is 0 Å². The van der Waals surface area contributed by atoms with Crippen LogP contribution in [0.4, 0.5) is 0 Å². The predicted molar refractivity (Wildman–Crippen MR) is 134 cm³/mol. The van der Waals surface area contributed by atoms with Crippen molar-refractivity contribution in [2.45, 2.75) is 80.9 Å². The molecule has 2 fully saturated rings. The van der Waals surface area contributed by atoms with Crippen LogP contribution in [-0.4, -0.2) is 115 Å². The average molecular weight is 581 g/mol. The van der Waals surface area contributed by atoms with Crippen molar-refractivity contribution >= 4 is 5.78 Å². The fourth-order valence-electron chi connectivity index (χ4n) is 4.98. The van der Waals surface area contributed by atoms with E-state index < -0.39 is 85.7 Å². The Morgan fingerprint density at radius 2 is 1.49 bits per heavy atom. The van der Waals surface area contributed by atoms with Crippen LogP contribution in [0.2, 0.25) is 0 Å². The van der Waals surface area contributed by atoms with Crippen molar-refractivity contribution in [3.8, 4) is 23.0 Å². The third kappa shape index (κ3) is 5.83. The van der Waals surface area contributed by atoms with Gasteiger partial charge in [0.25, 0.3) is 0 Å². The molecule has 11 atom stereocenters. The number of aromatic hydroxyl groups is 2. The molecule has 3 heterocycles. The van der Waals surface area contributed by atoms with E-state index in [1.807, 2.05) is 0 Å². The van der Waals surface area contributed by atoms with Crippen LogP contribution >= 0.6 is 0 Å². The van der Waals surface area contributed by atoms with Crippen molar-refractivity contribution in [1.29, 1.82) is 0 Å². The molecule has 224 valence electrons. The number of hydrogen-bond acceptors (Lipinski definition) is 14. The first kappa shape index (κ1) is 29.4. The third-order valence-electron chi connectivity index (χ3n) is 7.39. The molecule has 14 nitrogen and oxygen atoms in total. The van der Waals surface area contributed by atoms with Gasteiger partial charge in [0.05, 0.1) is 19.1 Å². The summed E-state index contributed by atoms with van der Waals surface area (Å²) in [4.78, 5) is 12.8. The predicted octanol–water partition coefficient (Wildman–Crippen LogP) is -1.17. The van der Waals surface area contributed by atoms with Gasteiger partial charge in [-0.1, -0.05) is 12.1 Å². The number of aliphatic hydroxyl groups is 6. The van der Waals surface area contributed by atoms with Crippen LogP contribution in [0.5, 0.6) is 23.0 Å². The van der Waals surface area contributed by atoms with Gasteiger partial charge < -0.3 is 64.5 Å². The lowest BCUT2D eigenvalue weighted by Gasteiger charge is -2.42. The lowest BCUT2D eigenvalue weighted by atomic mass is 9.95. The summed E-state index contributed by atoms with van der Waals surface area (Å²) >= 11 is 0. The molecule has 0 saturated carbocycles. The standard InChI is InChI=1S/C27H32O14/c1-10-20(31)22(33)24(35)26(38-10)37-9-18-21(32)23(34)25(36)27(41-18)39-13-6-14(29)19-15(30)8-16(40-17(19)7-13)11-2-4-12(28)5-3-11/h2-7,10,16,18,20-29,31-36H,8-9H2,1H3/t10?,16?,18?,20-,21+,22+,23+,24?,25?,26+,27+/m0/s1. The quantitative estimate of drug-likeness (QED) is 0.202. The number of aliphatic hydroxyl groups excluding tert-OH is 6. The Balaban J connectivity index is 1.30. The largest absolute Gasteiger partial charge is 0.508 e. The highest BCUT2D eigenvalue weighted by Gasteiger charge is 2.47. The first-order valence-corrected chi connectivity index (χ1v) is 13.0. The van der Waals surface area contributed by atoms with Crippen LogP contribution in [0.15, 0.2) is 36.4 Å². The van der Waals surface area contributed by atoms with Crippen LogP contribution in [0.25, 0.3) is 0 Å². The van der Waals surface area contributed by atoms with Crippen molar-refractivity contribution in [2.24, 2.45) is 0 Å². The van der Waals surface area contributed by atoms with Crippen molar-refractivity contribution in [2.75, 3.05) is 6.61 Å². The monoisotopic (exact) mass is 580 g/mol. The fraction of sp³-hybridized carbons (Fsp3) is 0.519. The van der Waals surface area contributed by atoms with Gasteiger partial charge in [0.2, 0.25) is 6.29 Å². The Morgan fingerprint density at radius 1 is 0.829 bits per heavy atom. The van der Waals surface area contributed by atoms with Gasteiger partial charge in [-0.25, -0.2) is 0 Å². The highest BCUT2D eigenvalue weighted by atomic mass is 16.7. The van der Waals surface area contributed by atoms with E-state index in [9.17, 15) is 45.6 Å². The van der Waals surface area contributed by atoms with Crippen LogP contribution in [0.3, 0.4) is 0 Å². The number of phenolic OH excluding ortho intramolecular Hbond substituents is 2. The number of ketones is 1. The zero-order chi connectivity index (χ0) is 29.6. The van der Waals surface area contributed by atoms with Gasteiger partial charge in [0.15, 0.2) is 12.1 Å². The number of phenols is 2. The summed E-state index contributed by atoms with van der Waals surface area (Å²) in [6.07, 6.45) is -15.6. The van der Waals surface area contributed by atoms with E-state index in [0.717, 1.165) is 6.07 Å². The second-order valence-electron chi connectivity index (χ2n) is 10.3. The van der Waals surface area contributed by atoms with Crippen LogP contribution in [0.1, 0.15) is 35.4 Å². The number of rotatable bonds is 6. The van der Waals surface area contributed by atoms with Crippen LogP contribution < -0.4 is 9.47 Å². The van der Waals surface area contributed by atoms with E-state index in [1.165, 1.54) is 25.1 Å². The summed E-state index contributed by atoms with van der Waals surface area (Å²) in [5.41, 5.74) is 0.550. The Labute approximate surface area is 233 Å². The first-order valence-electron chi connectivity index (χ1n) is 13.0. The number of hydrogen-bond donors (Lipinski definition) is 8. The van der Waals surface area contributed by atoms with E-state index in [4.69, 9.17) is 23.7 Å². The second kappa shape index (κ2) is 11.7. The lowest BCUT2D eigenvalue weighted by molar-refractivity contribution is -0.318. The van der Waals surface area contributed by atoms with Crippen molar-refractivity contribution < 1.29 is 69.3 Å². The molecule has 0 aliphatic carbocycles. The summed E-state index contributed by atoms with van der Waals surface area (Å²) in [5, 5.41) is 81.5. The average Bonchev–Trinajstić information content (AvgIpc) is 2.94. The molecule has 0 bridgehead atoms. The van der Waals surface area contributed by atoms with Crippen LogP contribution in [-0.2, 0) is 14.2 Å². The molecule has 5 rings (SSSR count). The summed E-state index contributed by atoms with van der Waals surface area (Å²) in [5.74, 6) is -0.893. The minimum absolute atomic E-state index is 0.00149. The second-order valence-corrected chi connectivity index (χ2v) is 10.3. The number of carbonyl (C=O) groups excluding carboxylic acids is 1. The summed E-state index contributed by atoms with van der Waals surface area (Å²) < 4.78 is 28.0. The number of benzene rings is 2. The van der Waals surface area contributed by atoms with E-state index in [-0.39, 0.29) is 29.2 Å². The minimum Gasteiger partial charge on any atom is -0.508 e. The molecule has 2 aromatic rings. The van der Waals surface area contributed by atoms with Gasteiger partial charge in [-0.3, -0.25) is 4.79 Å². The summed E-state index contributed by atoms with van der Waals surface area (Å²) in [6, 6.07) is 8.51. The van der Waals surface area contributed by atoms with Gasteiger partial charge in [0.1, 0.15) is 77.4 Å². The molecule has 2 aromatic carbocycles. The molecule has 0 radical (unpaired) electrons. The van der Waals surface area contributed by atoms with E-state index in [2.05, 4.69) is 0 Å². The van der Waals surface area contributed by atoms with E-state index in [0.29, 0.717) is 5.56 Å². The van der Waals surface area contributed by atoms with E-state index >= 15 is 0 Å². The van der Waals surface area contributed by atoms with Crippen molar-refractivity contribution in [3.05, 3.63) is 47.5 Å². The Morgan fingerprint density at radius 3 is 2.20 bits per heavy atom. The molecule has 3 aliphatic rings. The maximum absolute atomic E-state index is 12.8. The number of carbonyl (C=O) groups is 1. The van der Waals surface area contributed by atoms with E-state index in [1.54, 1.807) is 12.1 Å². The molecular formula is C27H32O14. The molecule has 0 aromatic heterocycles. The molecule has 2 saturated heterocycles. The SMILES string of the molecule is CC1O[C@@H](OCC2O[C@@H](Oc3cc(O)c4c(c3)OC(c3ccc(O)cc3)CC4=O)C(O)[C@H](O)[C@@H]2O)C(O)[C@H](O)[C@H]1O. The Hall–Kier alpha value is -3.05. The zero-order valence-electron chi connectivity index (χ0n) is 21.8. The summed E-state index contributed by atoms with van der Waals surface area (Å²) in [7, 11) is 0. The topological polar surface area (TPSA) is 225 Å². The highest BCUT2D eigenvalue weighted by Crippen LogP contribution is 2.42. The maximum Gasteiger partial charge on any atom is 0.229 e. The van der Waals surface area contributed by atoms with Gasteiger partial charge >= 0.3 is 0 Å². The zero-order valence-corrected chi connectivity index (χ0v) is 21.8. The van der Waals surface area contributed by atoms with Gasteiger partial charge in [-0.15, -0.1) is 0 Å². The number of fused-ring (bicyclic) bond motifs is 1. The number of ether oxygens (including phenoxy) is 5. The minimum atomic E-state index is -1.76. The molecule has 5 unspecified atom stereocenters. The smallest absolute Gasteiger partial charge is 0.229 e. The molecule has 14 heteroatoms. The lowest BCUT2D eigenvalue weighted by Crippen LogP contribution is -2.61. The highest BCUT2D eigenvalue weighted by molar-refractivity contribution is 6.02.